The number of rotatable bonds is 10. The number of oxazole rings is 1. The molecule has 4 aromatic rings. The Morgan fingerprint density at radius 3 is 2.35 bits per heavy atom. The molecule has 0 saturated carbocycles. The van der Waals surface area contributed by atoms with E-state index in [1.807, 2.05) is 0 Å². The van der Waals surface area contributed by atoms with Crippen LogP contribution >= 0.6 is 11.6 Å². The van der Waals surface area contributed by atoms with Crippen molar-refractivity contribution in [2.24, 2.45) is 0 Å². The van der Waals surface area contributed by atoms with Gasteiger partial charge in [0.2, 0.25) is 5.89 Å². The van der Waals surface area contributed by atoms with Gasteiger partial charge in [0.05, 0.1) is 6.10 Å². The van der Waals surface area contributed by atoms with Crippen molar-refractivity contribution in [2.75, 3.05) is 6.61 Å². The molecular formula is C23H18ClF3N4O6. The average molecular weight is 539 g/mol. The third-order valence-electron chi connectivity index (χ3n) is 5.04. The van der Waals surface area contributed by atoms with Gasteiger partial charge in [0, 0.05) is 17.7 Å². The largest absolute Gasteiger partial charge is 0.573 e. The third-order valence-corrected chi connectivity index (χ3v) is 5.34. The fourth-order valence-corrected chi connectivity index (χ4v) is 3.47. The van der Waals surface area contributed by atoms with Crippen LogP contribution in [0.15, 0.2) is 65.4 Å². The van der Waals surface area contributed by atoms with E-state index in [4.69, 9.17) is 20.8 Å². The Labute approximate surface area is 212 Å². The van der Waals surface area contributed by atoms with E-state index in [2.05, 4.69) is 14.7 Å². The lowest BCUT2D eigenvalue weighted by atomic mass is 10.1. The fraction of sp³-hybridized carbons (Fsp3) is 0.217. The quantitative estimate of drug-likeness (QED) is 0.207. The molecule has 10 nitrogen and oxygen atoms in total. The van der Waals surface area contributed by atoms with E-state index >= 15 is 0 Å². The van der Waals surface area contributed by atoms with E-state index in [9.17, 15) is 28.4 Å². The van der Waals surface area contributed by atoms with Crippen molar-refractivity contribution in [1.82, 2.24) is 14.5 Å². The van der Waals surface area contributed by atoms with Crippen LogP contribution < -0.4 is 9.47 Å². The summed E-state index contributed by atoms with van der Waals surface area (Å²) in [5.41, 5.74) is 1.68. The predicted octanol–water partition coefficient (Wildman–Crippen LogP) is 5.50. The summed E-state index contributed by atoms with van der Waals surface area (Å²) in [5.74, 6) is -0.00912. The normalized spacial score (nSPS) is 12.4. The number of aliphatic hydroxyl groups is 1. The minimum Gasteiger partial charge on any atom is -0.491 e. The molecule has 2 aromatic carbocycles. The first kappa shape index (κ1) is 26.0. The third kappa shape index (κ3) is 6.98. The molecule has 1 unspecified atom stereocenters. The topological polar surface area (TPSA) is 126 Å². The summed E-state index contributed by atoms with van der Waals surface area (Å²) >= 11 is 5.85. The zero-order valence-corrected chi connectivity index (χ0v) is 19.5. The molecule has 2 heterocycles. The van der Waals surface area contributed by atoms with E-state index < -0.39 is 17.4 Å². The van der Waals surface area contributed by atoms with Crippen molar-refractivity contribution in [3.8, 4) is 34.2 Å². The monoisotopic (exact) mass is 538 g/mol. The summed E-state index contributed by atoms with van der Waals surface area (Å²) in [4.78, 5) is 18.1. The Hall–Kier alpha value is -4.10. The van der Waals surface area contributed by atoms with Crippen molar-refractivity contribution < 1.29 is 37.1 Å². The highest BCUT2D eigenvalue weighted by Gasteiger charge is 2.31. The van der Waals surface area contributed by atoms with Crippen molar-refractivity contribution in [3.05, 3.63) is 76.4 Å². The maximum absolute atomic E-state index is 12.3. The maximum Gasteiger partial charge on any atom is 0.573 e. The van der Waals surface area contributed by atoms with Gasteiger partial charge in [-0.3, -0.25) is 4.57 Å². The number of hydrogen-bond donors (Lipinski definition) is 1. The molecule has 0 aliphatic carbocycles. The van der Waals surface area contributed by atoms with Crippen LogP contribution in [0.5, 0.6) is 11.5 Å². The summed E-state index contributed by atoms with van der Waals surface area (Å²) in [6.45, 7) is 0.200. The molecule has 0 aliphatic rings. The van der Waals surface area contributed by atoms with Crippen molar-refractivity contribution >= 4 is 17.4 Å². The molecule has 0 amide bonds. The number of nitro groups is 1. The molecule has 0 radical (unpaired) electrons. The first-order chi connectivity index (χ1) is 17.6. The number of aliphatic hydroxyl groups excluding tert-OH is 1. The van der Waals surface area contributed by atoms with Crippen LogP contribution in [0.1, 0.15) is 6.42 Å². The predicted molar refractivity (Wildman–Crippen MR) is 124 cm³/mol. The summed E-state index contributed by atoms with van der Waals surface area (Å²) in [7, 11) is 0. The van der Waals surface area contributed by atoms with Gasteiger partial charge >= 0.3 is 17.5 Å². The molecule has 0 spiro atoms. The van der Waals surface area contributed by atoms with Crippen molar-refractivity contribution in [2.45, 2.75) is 25.4 Å². The number of ether oxygens (including phenoxy) is 2. The van der Waals surface area contributed by atoms with Gasteiger partial charge in [-0.25, -0.2) is 4.98 Å². The molecule has 1 atom stereocenters. The van der Waals surface area contributed by atoms with Gasteiger partial charge in [0.15, 0.2) is 0 Å². The van der Waals surface area contributed by atoms with Gasteiger partial charge in [-0.05, 0) is 76.5 Å². The second-order valence-corrected chi connectivity index (χ2v) is 8.04. The van der Waals surface area contributed by atoms with Crippen LogP contribution in [0.3, 0.4) is 0 Å². The fourth-order valence-electron chi connectivity index (χ4n) is 3.25. The summed E-state index contributed by atoms with van der Waals surface area (Å²) in [5, 5.41) is 20.9. The number of imidazole rings is 1. The zero-order valence-electron chi connectivity index (χ0n) is 18.8. The summed E-state index contributed by atoms with van der Waals surface area (Å²) in [6.07, 6.45) is -2.78. The number of aromatic nitrogens is 3. The highest BCUT2D eigenvalue weighted by atomic mass is 35.5. The van der Waals surface area contributed by atoms with Gasteiger partial charge in [-0.2, -0.15) is 0 Å². The Balaban J connectivity index is 1.29. The Kier molecular flexibility index (Phi) is 7.64. The van der Waals surface area contributed by atoms with Crippen LogP contribution in [0.25, 0.3) is 22.7 Å². The summed E-state index contributed by atoms with van der Waals surface area (Å²) < 4.78 is 53.2. The second kappa shape index (κ2) is 10.9. The molecule has 1 N–H and O–H groups in total. The Bertz CT molecular complexity index is 1360. The van der Waals surface area contributed by atoms with E-state index in [1.165, 1.54) is 41.3 Å². The number of halogens is 4. The zero-order chi connectivity index (χ0) is 26.6. The first-order valence-electron chi connectivity index (χ1n) is 10.7. The molecule has 0 fully saturated rings. The number of nitrogens with zero attached hydrogens (tertiary/aromatic N) is 4. The highest BCUT2D eigenvalue weighted by Crippen LogP contribution is 2.29. The average Bonchev–Trinajstić information content (AvgIpc) is 3.48. The maximum atomic E-state index is 12.3. The lowest BCUT2D eigenvalue weighted by Gasteiger charge is -2.12. The smallest absolute Gasteiger partial charge is 0.491 e. The van der Waals surface area contributed by atoms with Crippen molar-refractivity contribution in [1.29, 1.82) is 0 Å². The van der Waals surface area contributed by atoms with Crippen LogP contribution in [-0.4, -0.2) is 43.6 Å². The number of aryl methyl sites for hydroxylation is 1. The van der Waals surface area contributed by atoms with Crippen LogP contribution in [0.2, 0.25) is 5.28 Å². The van der Waals surface area contributed by atoms with Crippen molar-refractivity contribution in [3.63, 3.8) is 0 Å². The SMILES string of the molecule is O=[N+]([O-])c1cn(CCC(O)COc2ccc(-c3coc(-c4ccc(OC(F)(F)F)cc4)n3)cc2)c(Cl)n1. The number of alkyl halides is 3. The standard InChI is InChI=1S/C23H18ClF3N4O6/c24-22-29-20(31(33)34)11-30(22)10-9-16(32)12-35-17-5-1-14(2-6-17)19-13-36-21(28-19)15-3-7-18(8-4-15)37-23(25,26)27/h1-8,11,13,16,32H,9-10,12H2. The van der Waals surface area contributed by atoms with E-state index in [-0.39, 0.29) is 42.3 Å². The van der Waals surface area contributed by atoms with E-state index in [0.29, 0.717) is 22.6 Å². The molecule has 0 aliphatic heterocycles. The minimum absolute atomic E-state index is 0.0179. The Morgan fingerprint density at radius 1 is 1.08 bits per heavy atom. The molecule has 37 heavy (non-hydrogen) atoms. The van der Waals surface area contributed by atoms with Crippen LogP contribution in [0.4, 0.5) is 19.0 Å². The van der Waals surface area contributed by atoms with Crippen LogP contribution in [0, 0.1) is 10.1 Å². The van der Waals surface area contributed by atoms with Gasteiger partial charge in [-0.1, -0.05) is 0 Å². The molecule has 194 valence electrons. The Morgan fingerprint density at radius 2 is 1.73 bits per heavy atom. The first-order valence-corrected chi connectivity index (χ1v) is 11.1. The summed E-state index contributed by atoms with van der Waals surface area (Å²) in [6, 6.07) is 12.0. The number of benzene rings is 2. The van der Waals surface area contributed by atoms with Crippen LogP contribution in [-0.2, 0) is 6.54 Å². The molecule has 14 heteroatoms. The number of hydrogen-bond acceptors (Lipinski definition) is 8. The molecular weight excluding hydrogens is 521 g/mol. The second-order valence-electron chi connectivity index (χ2n) is 7.71. The van der Waals surface area contributed by atoms with Gasteiger partial charge in [0.25, 0.3) is 0 Å². The lowest BCUT2D eigenvalue weighted by Crippen LogP contribution is -2.19. The van der Waals surface area contributed by atoms with E-state index in [0.717, 1.165) is 0 Å². The molecule has 2 aromatic heterocycles. The van der Waals surface area contributed by atoms with E-state index in [1.54, 1.807) is 24.3 Å². The minimum atomic E-state index is -4.77. The van der Waals surface area contributed by atoms with Gasteiger partial charge in [0.1, 0.15) is 36.3 Å². The van der Waals surface area contributed by atoms with Gasteiger partial charge in [-0.15, -0.1) is 13.2 Å². The lowest BCUT2D eigenvalue weighted by molar-refractivity contribution is -0.389. The molecule has 4 rings (SSSR count). The molecule has 0 bridgehead atoms. The highest BCUT2D eigenvalue weighted by molar-refractivity contribution is 6.28. The molecule has 0 saturated heterocycles. The van der Waals surface area contributed by atoms with Gasteiger partial charge < -0.3 is 29.1 Å².